The van der Waals surface area contributed by atoms with Crippen molar-refractivity contribution in [3.8, 4) is 5.75 Å². The van der Waals surface area contributed by atoms with E-state index in [0.29, 0.717) is 6.42 Å². The molecule has 1 atom stereocenters. The highest BCUT2D eigenvalue weighted by Crippen LogP contribution is 2.28. The van der Waals surface area contributed by atoms with E-state index in [4.69, 9.17) is 4.74 Å². The third-order valence-electron chi connectivity index (χ3n) is 4.63. The number of hydrogen-bond donors (Lipinski definition) is 0. The van der Waals surface area contributed by atoms with Crippen molar-refractivity contribution in [3.05, 3.63) is 59.7 Å². The Balaban J connectivity index is 1.77. The number of aryl methyl sites for hydroxylation is 2. The number of carbonyl (C=O) groups is 1. The van der Waals surface area contributed by atoms with Crippen LogP contribution in [-0.2, 0) is 17.6 Å². The van der Waals surface area contributed by atoms with Gasteiger partial charge in [0.15, 0.2) is 6.10 Å². The van der Waals surface area contributed by atoms with Crippen molar-refractivity contribution in [2.24, 2.45) is 0 Å². The van der Waals surface area contributed by atoms with Gasteiger partial charge >= 0.3 is 0 Å². The Morgan fingerprint density at radius 2 is 1.88 bits per heavy atom. The van der Waals surface area contributed by atoms with Gasteiger partial charge in [-0.2, -0.15) is 0 Å². The quantitative estimate of drug-likeness (QED) is 0.817. The van der Waals surface area contributed by atoms with Gasteiger partial charge in [-0.05, 0) is 55.0 Å². The van der Waals surface area contributed by atoms with Crippen LogP contribution < -0.4 is 9.64 Å². The van der Waals surface area contributed by atoms with Crippen LogP contribution in [0.4, 0.5) is 5.69 Å². The maximum atomic E-state index is 13.0. The van der Waals surface area contributed by atoms with E-state index < -0.39 is 6.10 Å². The van der Waals surface area contributed by atoms with Crippen LogP contribution in [0.5, 0.6) is 5.75 Å². The Kier molecular flexibility index (Phi) is 5.19. The van der Waals surface area contributed by atoms with E-state index in [0.717, 1.165) is 37.2 Å². The molecule has 0 spiro atoms. The Morgan fingerprint density at radius 1 is 1.12 bits per heavy atom. The molecular formula is C21H25NO2. The molecule has 1 aliphatic rings. The lowest BCUT2D eigenvalue weighted by Gasteiger charge is -2.32. The first-order valence-electron chi connectivity index (χ1n) is 8.87. The molecule has 0 bridgehead atoms. The van der Waals surface area contributed by atoms with E-state index in [1.807, 2.05) is 42.2 Å². The summed E-state index contributed by atoms with van der Waals surface area (Å²) in [7, 11) is 0. The van der Waals surface area contributed by atoms with Gasteiger partial charge in [-0.1, -0.05) is 44.2 Å². The zero-order valence-electron chi connectivity index (χ0n) is 14.5. The van der Waals surface area contributed by atoms with Gasteiger partial charge in [0, 0.05) is 12.2 Å². The second kappa shape index (κ2) is 7.52. The Bertz CT molecular complexity index is 693. The van der Waals surface area contributed by atoms with Crippen LogP contribution in [0.1, 0.15) is 37.8 Å². The number of hydrogen-bond acceptors (Lipinski definition) is 2. The molecule has 1 aliphatic heterocycles. The summed E-state index contributed by atoms with van der Waals surface area (Å²) in [6.07, 6.45) is 3.26. The molecule has 0 N–H and O–H groups in total. The minimum atomic E-state index is -0.441. The lowest BCUT2D eigenvalue weighted by atomic mass is 10.0. The number of para-hydroxylation sites is 1. The van der Waals surface area contributed by atoms with Gasteiger partial charge in [-0.25, -0.2) is 0 Å². The van der Waals surface area contributed by atoms with E-state index in [1.165, 1.54) is 11.1 Å². The minimum absolute atomic E-state index is 0.0595. The molecule has 1 unspecified atom stereocenters. The van der Waals surface area contributed by atoms with E-state index in [1.54, 1.807) is 0 Å². The molecule has 0 saturated heterocycles. The first-order chi connectivity index (χ1) is 11.7. The molecule has 0 aromatic heterocycles. The van der Waals surface area contributed by atoms with Gasteiger partial charge in [0.1, 0.15) is 5.75 Å². The van der Waals surface area contributed by atoms with Gasteiger partial charge in [-0.15, -0.1) is 0 Å². The summed E-state index contributed by atoms with van der Waals surface area (Å²) in [5.74, 6) is 0.821. The zero-order valence-corrected chi connectivity index (χ0v) is 14.5. The number of benzene rings is 2. The molecule has 2 aromatic carbocycles. The fourth-order valence-electron chi connectivity index (χ4n) is 3.21. The van der Waals surface area contributed by atoms with Crippen LogP contribution in [0.15, 0.2) is 48.5 Å². The second-order valence-corrected chi connectivity index (χ2v) is 6.23. The molecular weight excluding hydrogens is 298 g/mol. The largest absolute Gasteiger partial charge is 0.481 e. The van der Waals surface area contributed by atoms with Gasteiger partial charge < -0.3 is 9.64 Å². The van der Waals surface area contributed by atoms with Crippen molar-refractivity contribution in [2.45, 2.75) is 45.6 Å². The lowest BCUT2D eigenvalue weighted by Crippen LogP contribution is -2.44. The summed E-state index contributed by atoms with van der Waals surface area (Å²) in [5, 5.41) is 0. The standard InChI is InChI=1S/C21H25NO2/c1-3-16-11-13-18(14-12-16)24-20(4-2)21(23)22-15-7-9-17-8-5-6-10-19(17)22/h5-6,8,10-14,20H,3-4,7,9,15H2,1-2H3. The summed E-state index contributed by atoms with van der Waals surface area (Å²) in [4.78, 5) is 14.9. The number of carbonyl (C=O) groups excluding carboxylic acids is 1. The van der Waals surface area contributed by atoms with Crippen molar-refractivity contribution in [1.82, 2.24) is 0 Å². The molecule has 3 heteroatoms. The van der Waals surface area contributed by atoms with Crippen LogP contribution in [-0.4, -0.2) is 18.6 Å². The first-order valence-corrected chi connectivity index (χ1v) is 8.87. The van der Waals surface area contributed by atoms with Gasteiger partial charge in [0.25, 0.3) is 5.91 Å². The zero-order chi connectivity index (χ0) is 16.9. The maximum absolute atomic E-state index is 13.0. The molecule has 0 saturated carbocycles. The fourth-order valence-corrected chi connectivity index (χ4v) is 3.21. The van der Waals surface area contributed by atoms with Gasteiger partial charge in [0.05, 0.1) is 0 Å². The highest BCUT2D eigenvalue weighted by molar-refractivity contribution is 5.97. The third-order valence-corrected chi connectivity index (χ3v) is 4.63. The normalized spacial score (nSPS) is 14.8. The number of nitrogens with zero attached hydrogens (tertiary/aromatic N) is 1. The van der Waals surface area contributed by atoms with Crippen LogP contribution in [0.2, 0.25) is 0 Å². The minimum Gasteiger partial charge on any atom is -0.481 e. The molecule has 0 fully saturated rings. The van der Waals surface area contributed by atoms with Gasteiger partial charge in [0.2, 0.25) is 0 Å². The summed E-state index contributed by atoms with van der Waals surface area (Å²) in [6, 6.07) is 16.2. The second-order valence-electron chi connectivity index (χ2n) is 6.23. The molecule has 3 rings (SSSR count). The molecule has 2 aromatic rings. The first kappa shape index (κ1) is 16.6. The smallest absolute Gasteiger partial charge is 0.268 e. The molecule has 126 valence electrons. The van der Waals surface area contributed by atoms with E-state index in [2.05, 4.69) is 25.1 Å². The van der Waals surface area contributed by atoms with Crippen LogP contribution in [0, 0.1) is 0 Å². The number of ether oxygens (including phenoxy) is 1. The van der Waals surface area contributed by atoms with Crippen molar-refractivity contribution < 1.29 is 9.53 Å². The number of anilines is 1. The Morgan fingerprint density at radius 3 is 2.58 bits per heavy atom. The lowest BCUT2D eigenvalue weighted by molar-refractivity contribution is -0.125. The molecule has 1 heterocycles. The van der Waals surface area contributed by atoms with Crippen LogP contribution in [0.3, 0.4) is 0 Å². The topological polar surface area (TPSA) is 29.5 Å². The van der Waals surface area contributed by atoms with E-state index in [-0.39, 0.29) is 5.91 Å². The van der Waals surface area contributed by atoms with Crippen LogP contribution in [0.25, 0.3) is 0 Å². The summed E-state index contributed by atoms with van der Waals surface area (Å²) in [5.41, 5.74) is 3.56. The molecule has 24 heavy (non-hydrogen) atoms. The Hall–Kier alpha value is -2.29. The van der Waals surface area contributed by atoms with Crippen LogP contribution >= 0.6 is 0 Å². The average Bonchev–Trinajstić information content (AvgIpc) is 2.65. The molecule has 0 radical (unpaired) electrons. The maximum Gasteiger partial charge on any atom is 0.268 e. The predicted octanol–water partition coefficient (Wildman–Crippen LogP) is 4.39. The fraction of sp³-hybridized carbons (Fsp3) is 0.381. The molecule has 1 amide bonds. The predicted molar refractivity (Wildman–Crippen MR) is 97.6 cm³/mol. The number of fused-ring (bicyclic) bond motifs is 1. The summed E-state index contributed by atoms with van der Waals surface area (Å²) < 4.78 is 6.00. The van der Waals surface area contributed by atoms with Crippen molar-refractivity contribution >= 4 is 11.6 Å². The third kappa shape index (κ3) is 3.45. The number of amides is 1. The highest BCUT2D eigenvalue weighted by Gasteiger charge is 2.28. The van der Waals surface area contributed by atoms with Crippen molar-refractivity contribution in [3.63, 3.8) is 0 Å². The SMILES string of the molecule is CCc1ccc(OC(CC)C(=O)N2CCCc3ccccc32)cc1. The monoisotopic (exact) mass is 323 g/mol. The average molecular weight is 323 g/mol. The molecule has 0 aliphatic carbocycles. The van der Waals surface area contributed by atoms with Gasteiger partial charge in [-0.3, -0.25) is 4.79 Å². The summed E-state index contributed by atoms with van der Waals surface area (Å²) in [6.45, 7) is 4.89. The summed E-state index contributed by atoms with van der Waals surface area (Å²) >= 11 is 0. The van der Waals surface area contributed by atoms with Crippen molar-refractivity contribution in [1.29, 1.82) is 0 Å². The highest BCUT2D eigenvalue weighted by atomic mass is 16.5. The van der Waals surface area contributed by atoms with E-state index >= 15 is 0 Å². The van der Waals surface area contributed by atoms with Crippen molar-refractivity contribution in [2.75, 3.05) is 11.4 Å². The van der Waals surface area contributed by atoms with E-state index in [9.17, 15) is 4.79 Å². The molecule has 3 nitrogen and oxygen atoms in total. The number of rotatable bonds is 5. The Labute approximate surface area is 144 Å².